The molecule has 6 N–H and O–H groups in total. The third kappa shape index (κ3) is 2.15. The number of aliphatic hydroxyl groups excluding tert-OH is 2. The van der Waals surface area contributed by atoms with Crippen molar-refractivity contribution in [2.24, 2.45) is 5.73 Å². The minimum absolute atomic E-state index is 0.0452. The predicted octanol–water partition coefficient (Wildman–Crippen LogP) is -2.06. The highest BCUT2D eigenvalue weighted by molar-refractivity contribution is 5.79. The van der Waals surface area contributed by atoms with Crippen molar-refractivity contribution in [2.45, 2.75) is 12.2 Å². The normalized spacial score (nSPS) is 14.7. The fourth-order valence-corrected chi connectivity index (χ4v) is 0.870. The van der Waals surface area contributed by atoms with Gasteiger partial charge in [0.2, 0.25) is 11.9 Å². The Balaban J connectivity index is 2.89. The first kappa shape index (κ1) is 10.4. The predicted molar refractivity (Wildman–Crippen MR) is 46.6 cm³/mol. The molecule has 0 aliphatic carbocycles. The summed E-state index contributed by atoms with van der Waals surface area (Å²) in [6.07, 6.45) is -1.89. The average Bonchev–Trinajstić information content (AvgIpc) is 2.15. The second-order valence-electron chi connectivity index (χ2n) is 2.63. The van der Waals surface area contributed by atoms with E-state index in [4.69, 9.17) is 16.6 Å². The maximum atomic E-state index is 10.5. The van der Waals surface area contributed by atoms with Crippen molar-refractivity contribution >= 4 is 11.9 Å². The molecule has 1 aromatic heterocycles. The highest BCUT2D eigenvalue weighted by Crippen LogP contribution is 2.14. The van der Waals surface area contributed by atoms with E-state index in [2.05, 4.69) is 9.97 Å². The second kappa shape index (κ2) is 3.99. The summed E-state index contributed by atoms with van der Waals surface area (Å²) >= 11 is 0. The van der Waals surface area contributed by atoms with Crippen LogP contribution in [0.5, 0.6) is 0 Å². The van der Waals surface area contributed by atoms with Crippen LogP contribution in [0.4, 0.5) is 5.95 Å². The lowest BCUT2D eigenvalue weighted by Gasteiger charge is -2.13. The zero-order valence-corrected chi connectivity index (χ0v) is 7.16. The first-order valence-electron chi connectivity index (χ1n) is 3.76. The molecule has 0 bridgehead atoms. The molecule has 0 aliphatic rings. The SMILES string of the molecule is NC(=O)C(O)C(O)c1ccnc(N)n1. The average molecular weight is 198 g/mol. The number of hydrogen-bond acceptors (Lipinski definition) is 6. The number of carbonyl (C=O) groups excluding carboxylic acids is 1. The molecule has 2 unspecified atom stereocenters. The van der Waals surface area contributed by atoms with Gasteiger partial charge in [0.05, 0.1) is 5.69 Å². The summed E-state index contributed by atoms with van der Waals surface area (Å²) in [5, 5.41) is 18.5. The van der Waals surface area contributed by atoms with Gasteiger partial charge in [-0.2, -0.15) is 0 Å². The molecule has 2 atom stereocenters. The summed E-state index contributed by atoms with van der Waals surface area (Å²) < 4.78 is 0. The van der Waals surface area contributed by atoms with E-state index in [0.717, 1.165) is 0 Å². The molecule has 76 valence electrons. The Labute approximate surface area is 79.4 Å². The van der Waals surface area contributed by atoms with E-state index in [-0.39, 0.29) is 11.6 Å². The summed E-state index contributed by atoms with van der Waals surface area (Å²) in [6, 6.07) is 1.33. The molecular formula is C7H10N4O3. The number of nitrogen functional groups attached to an aromatic ring is 1. The van der Waals surface area contributed by atoms with Crippen LogP contribution in [0.2, 0.25) is 0 Å². The first-order valence-corrected chi connectivity index (χ1v) is 3.76. The van der Waals surface area contributed by atoms with Gasteiger partial charge in [-0.3, -0.25) is 4.79 Å². The third-order valence-corrected chi connectivity index (χ3v) is 1.59. The number of amides is 1. The Kier molecular flexibility index (Phi) is 2.95. The molecule has 0 saturated carbocycles. The van der Waals surface area contributed by atoms with Crippen molar-refractivity contribution in [2.75, 3.05) is 5.73 Å². The van der Waals surface area contributed by atoms with Crippen molar-refractivity contribution in [3.8, 4) is 0 Å². The van der Waals surface area contributed by atoms with Crippen molar-refractivity contribution < 1.29 is 15.0 Å². The zero-order chi connectivity index (χ0) is 10.7. The Morgan fingerprint density at radius 1 is 1.50 bits per heavy atom. The fourth-order valence-electron chi connectivity index (χ4n) is 0.870. The van der Waals surface area contributed by atoms with Gasteiger partial charge in [0.15, 0.2) is 6.10 Å². The van der Waals surface area contributed by atoms with Crippen molar-refractivity contribution in [3.63, 3.8) is 0 Å². The number of anilines is 1. The summed E-state index contributed by atoms with van der Waals surface area (Å²) in [4.78, 5) is 17.7. The minimum Gasteiger partial charge on any atom is -0.383 e. The molecule has 0 aromatic carbocycles. The largest absolute Gasteiger partial charge is 0.383 e. The molecule has 1 heterocycles. The molecule has 1 amide bonds. The van der Waals surface area contributed by atoms with Gasteiger partial charge in [0.25, 0.3) is 0 Å². The maximum absolute atomic E-state index is 10.5. The lowest BCUT2D eigenvalue weighted by Crippen LogP contribution is -2.34. The molecule has 7 nitrogen and oxygen atoms in total. The van der Waals surface area contributed by atoms with E-state index >= 15 is 0 Å². The van der Waals surface area contributed by atoms with Gasteiger partial charge in [-0.15, -0.1) is 0 Å². The van der Waals surface area contributed by atoms with Gasteiger partial charge in [-0.25, -0.2) is 9.97 Å². The molecule has 14 heavy (non-hydrogen) atoms. The van der Waals surface area contributed by atoms with Crippen molar-refractivity contribution in [3.05, 3.63) is 18.0 Å². The highest BCUT2D eigenvalue weighted by Gasteiger charge is 2.24. The van der Waals surface area contributed by atoms with Gasteiger partial charge < -0.3 is 21.7 Å². The van der Waals surface area contributed by atoms with Crippen molar-refractivity contribution in [1.82, 2.24) is 9.97 Å². The van der Waals surface area contributed by atoms with Crippen LogP contribution in [0.15, 0.2) is 12.3 Å². The third-order valence-electron chi connectivity index (χ3n) is 1.59. The second-order valence-corrected chi connectivity index (χ2v) is 2.63. The van der Waals surface area contributed by atoms with E-state index in [1.54, 1.807) is 0 Å². The van der Waals surface area contributed by atoms with Crippen LogP contribution >= 0.6 is 0 Å². The molecule has 0 fully saturated rings. The quantitative estimate of drug-likeness (QED) is 0.441. The molecule has 1 rings (SSSR count). The smallest absolute Gasteiger partial charge is 0.249 e. The molecule has 7 heteroatoms. The number of primary amides is 1. The Bertz CT molecular complexity index is 343. The molecule has 1 aromatic rings. The first-order chi connectivity index (χ1) is 6.52. The lowest BCUT2D eigenvalue weighted by molar-refractivity contribution is -0.132. The highest BCUT2D eigenvalue weighted by atomic mass is 16.3. The fraction of sp³-hybridized carbons (Fsp3) is 0.286. The summed E-state index contributed by atoms with van der Waals surface area (Å²) in [5.41, 5.74) is 10.1. The van der Waals surface area contributed by atoms with E-state index in [0.29, 0.717) is 0 Å². The van der Waals surface area contributed by atoms with E-state index in [1.807, 2.05) is 0 Å². The van der Waals surface area contributed by atoms with E-state index < -0.39 is 18.1 Å². The van der Waals surface area contributed by atoms with Crippen LogP contribution in [-0.4, -0.2) is 32.2 Å². The summed E-state index contributed by atoms with van der Waals surface area (Å²) in [7, 11) is 0. The monoisotopic (exact) mass is 198 g/mol. The number of nitrogens with zero attached hydrogens (tertiary/aromatic N) is 2. The number of rotatable bonds is 3. The Morgan fingerprint density at radius 2 is 2.14 bits per heavy atom. The minimum atomic E-state index is -1.70. The summed E-state index contributed by atoms with van der Waals surface area (Å²) in [5.74, 6) is -1.09. The molecule has 0 aliphatic heterocycles. The van der Waals surface area contributed by atoms with Gasteiger partial charge in [0.1, 0.15) is 6.10 Å². The van der Waals surface area contributed by atoms with Crippen LogP contribution in [0.25, 0.3) is 0 Å². The van der Waals surface area contributed by atoms with Crippen LogP contribution in [0.1, 0.15) is 11.8 Å². The molecular weight excluding hydrogens is 188 g/mol. The Hall–Kier alpha value is -1.73. The van der Waals surface area contributed by atoms with Crippen molar-refractivity contribution in [1.29, 1.82) is 0 Å². The van der Waals surface area contributed by atoms with Gasteiger partial charge >= 0.3 is 0 Å². The number of aromatic nitrogens is 2. The van der Waals surface area contributed by atoms with E-state index in [1.165, 1.54) is 12.3 Å². The van der Waals surface area contributed by atoms with Gasteiger partial charge in [-0.05, 0) is 6.07 Å². The Morgan fingerprint density at radius 3 is 2.64 bits per heavy atom. The standard InChI is InChI=1S/C7H10N4O3/c8-6(14)5(13)4(12)3-1-2-10-7(9)11-3/h1-2,4-5,12-13H,(H2,8,14)(H2,9,10,11). The zero-order valence-electron chi connectivity index (χ0n) is 7.16. The van der Waals surface area contributed by atoms with E-state index in [9.17, 15) is 9.90 Å². The van der Waals surface area contributed by atoms with Gasteiger partial charge in [0, 0.05) is 6.20 Å². The van der Waals surface area contributed by atoms with Crippen LogP contribution in [-0.2, 0) is 4.79 Å². The number of nitrogens with two attached hydrogens (primary N) is 2. The lowest BCUT2D eigenvalue weighted by atomic mass is 10.1. The molecule has 0 spiro atoms. The number of carbonyl (C=O) groups is 1. The molecule has 0 radical (unpaired) electrons. The maximum Gasteiger partial charge on any atom is 0.249 e. The van der Waals surface area contributed by atoms with Crippen LogP contribution in [0.3, 0.4) is 0 Å². The number of aliphatic hydroxyl groups is 2. The topological polar surface area (TPSA) is 135 Å². The summed E-state index contributed by atoms with van der Waals surface area (Å²) in [6.45, 7) is 0. The number of hydrogen-bond donors (Lipinski definition) is 4. The van der Waals surface area contributed by atoms with Crippen LogP contribution in [0, 0.1) is 0 Å². The molecule has 0 saturated heterocycles. The van der Waals surface area contributed by atoms with Gasteiger partial charge in [-0.1, -0.05) is 0 Å². The van der Waals surface area contributed by atoms with Crippen LogP contribution < -0.4 is 11.5 Å².